The number of sulfonamides is 1. The highest BCUT2D eigenvalue weighted by Crippen LogP contribution is 2.27. The molecule has 0 saturated carbocycles. The molecule has 0 bridgehead atoms. The highest BCUT2D eigenvalue weighted by atomic mass is 35.5. The smallest absolute Gasteiger partial charge is 0.232 e. The van der Waals surface area contributed by atoms with Crippen LogP contribution in [0, 0.1) is 6.92 Å². The maximum Gasteiger partial charge on any atom is 0.232 e. The predicted octanol–water partition coefficient (Wildman–Crippen LogP) is 4.37. The molecule has 2 aromatic carbocycles. The Kier molecular flexibility index (Phi) is 6.30. The van der Waals surface area contributed by atoms with Gasteiger partial charge in [0.25, 0.3) is 0 Å². The number of nitrogens with zero attached hydrogens (tertiary/aromatic N) is 2. The Morgan fingerprint density at radius 3 is 2.17 bits per heavy atom. The molecule has 152 valence electrons. The molecule has 3 rings (SSSR count). The zero-order chi connectivity index (χ0) is 21.0. The van der Waals surface area contributed by atoms with E-state index in [1.165, 1.54) is 9.21 Å². The van der Waals surface area contributed by atoms with Crippen LogP contribution in [0.3, 0.4) is 0 Å². The van der Waals surface area contributed by atoms with Gasteiger partial charge in [0.15, 0.2) is 0 Å². The summed E-state index contributed by atoms with van der Waals surface area (Å²) in [5, 5.41) is 0.499. The first-order valence-electron chi connectivity index (χ1n) is 8.86. The number of carbonyl (C=O) groups excluding carboxylic acids is 1. The fraction of sp³-hybridized carbons (Fsp3) is 0.190. The van der Waals surface area contributed by atoms with Gasteiger partial charge in [-0.3, -0.25) is 9.10 Å². The quantitative estimate of drug-likeness (QED) is 0.495. The molecule has 29 heavy (non-hydrogen) atoms. The first-order chi connectivity index (χ1) is 13.8. The molecule has 1 heterocycles. The second-order valence-electron chi connectivity index (χ2n) is 6.62. The monoisotopic (exact) mass is 432 g/mol. The van der Waals surface area contributed by atoms with E-state index >= 15 is 0 Å². The molecule has 0 spiro atoms. The van der Waals surface area contributed by atoms with E-state index < -0.39 is 10.0 Å². The van der Waals surface area contributed by atoms with Gasteiger partial charge >= 0.3 is 0 Å². The third-order valence-electron chi connectivity index (χ3n) is 4.39. The van der Waals surface area contributed by atoms with E-state index in [0.29, 0.717) is 34.1 Å². The normalized spacial score (nSPS) is 11.3. The van der Waals surface area contributed by atoms with Gasteiger partial charge < -0.3 is 9.32 Å². The Morgan fingerprint density at radius 1 is 0.966 bits per heavy atom. The maximum atomic E-state index is 12.4. The number of furan rings is 1. The van der Waals surface area contributed by atoms with Crippen LogP contribution in [0.4, 0.5) is 11.4 Å². The molecule has 0 unspecified atom stereocenters. The van der Waals surface area contributed by atoms with Gasteiger partial charge in [0, 0.05) is 10.7 Å². The minimum absolute atomic E-state index is 0.112. The number of hydrogen-bond donors (Lipinski definition) is 0. The van der Waals surface area contributed by atoms with Gasteiger partial charge in [0.2, 0.25) is 16.4 Å². The van der Waals surface area contributed by atoms with Crippen molar-refractivity contribution in [1.82, 2.24) is 0 Å². The van der Waals surface area contributed by atoms with Crippen molar-refractivity contribution in [2.75, 3.05) is 15.5 Å². The lowest BCUT2D eigenvalue weighted by Crippen LogP contribution is -2.29. The summed E-state index contributed by atoms with van der Waals surface area (Å²) < 4.78 is 31.5. The van der Waals surface area contributed by atoms with Crippen LogP contribution in [0.5, 0.6) is 0 Å². The maximum absolute atomic E-state index is 12.4. The van der Waals surface area contributed by atoms with Crippen LogP contribution in [0.1, 0.15) is 17.1 Å². The zero-order valence-electron chi connectivity index (χ0n) is 16.1. The SMILES string of the molecule is Cc1ccc(CN(C=O)c2ccc(N(Cc3ccccc3Cl)S(C)(=O)=O)cc2)o1. The van der Waals surface area contributed by atoms with Crippen molar-refractivity contribution in [3.05, 3.63) is 82.8 Å². The summed E-state index contributed by atoms with van der Waals surface area (Å²) in [5.41, 5.74) is 1.81. The van der Waals surface area contributed by atoms with Gasteiger partial charge in [-0.05, 0) is 55.0 Å². The van der Waals surface area contributed by atoms with Gasteiger partial charge in [-0.1, -0.05) is 29.8 Å². The van der Waals surface area contributed by atoms with Crippen LogP contribution in [0.15, 0.2) is 65.1 Å². The number of aryl methyl sites for hydroxylation is 1. The lowest BCUT2D eigenvalue weighted by atomic mass is 10.2. The Morgan fingerprint density at radius 2 is 1.62 bits per heavy atom. The summed E-state index contributed by atoms with van der Waals surface area (Å²) in [7, 11) is -3.54. The van der Waals surface area contributed by atoms with Gasteiger partial charge in [-0.15, -0.1) is 0 Å². The molecule has 3 aromatic rings. The lowest BCUT2D eigenvalue weighted by Gasteiger charge is -2.24. The Balaban J connectivity index is 1.85. The summed E-state index contributed by atoms with van der Waals surface area (Å²) >= 11 is 6.19. The minimum Gasteiger partial charge on any atom is -0.464 e. The second-order valence-corrected chi connectivity index (χ2v) is 8.94. The average Bonchev–Trinajstić information content (AvgIpc) is 3.09. The first kappa shape index (κ1) is 21.0. The number of benzene rings is 2. The first-order valence-corrected chi connectivity index (χ1v) is 11.1. The van der Waals surface area contributed by atoms with E-state index in [0.717, 1.165) is 12.0 Å². The fourth-order valence-electron chi connectivity index (χ4n) is 2.92. The highest BCUT2D eigenvalue weighted by Gasteiger charge is 2.19. The van der Waals surface area contributed by atoms with Crippen molar-refractivity contribution in [3.8, 4) is 0 Å². The molecular formula is C21H21ClN2O4S. The molecule has 0 atom stereocenters. The van der Waals surface area contributed by atoms with E-state index in [2.05, 4.69) is 0 Å². The minimum atomic E-state index is -3.54. The summed E-state index contributed by atoms with van der Waals surface area (Å²) in [4.78, 5) is 13.0. The lowest BCUT2D eigenvalue weighted by molar-refractivity contribution is -0.107. The summed E-state index contributed by atoms with van der Waals surface area (Å²) in [6.45, 7) is 2.23. The van der Waals surface area contributed by atoms with Crippen LogP contribution in [0.25, 0.3) is 0 Å². The number of halogens is 1. The number of anilines is 2. The Bertz CT molecular complexity index is 1090. The molecule has 0 fully saturated rings. The van der Waals surface area contributed by atoms with Crippen molar-refractivity contribution in [3.63, 3.8) is 0 Å². The van der Waals surface area contributed by atoms with E-state index in [9.17, 15) is 13.2 Å². The van der Waals surface area contributed by atoms with Crippen LogP contribution in [-0.4, -0.2) is 21.1 Å². The molecule has 8 heteroatoms. The predicted molar refractivity (Wildman–Crippen MR) is 115 cm³/mol. The van der Waals surface area contributed by atoms with E-state index in [1.807, 2.05) is 25.1 Å². The van der Waals surface area contributed by atoms with Crippen molar-refractivity contribution < 1.29 is 17.6 Å². The fourth-order valence-corrected chi connectivity index (χ4v) is 3.99. The Labute approximate surface area is 175 Å². The standard InChI is InChI=1S/C21H21ClN2O4S/c1-16-7-12-20(28-16)14-23(15-25)18-8-10-19(11-9-18)24(29(2,26)27)13-17-5-3-4-6-21(17)22/h3-12,15H,13-14H2,1-2H3. The molecule has 0 aliphatic rings. The summed E-state index contributed by atoms with van der Waals surface area (Å²) in [6, 6.07) is 17.5. The van der Waals surface area contributed by atoms with Crippen LogP contribution >= 0.6 is 11.6 Å². The summed E-state index contributed by atoms with van der Waals surface area (Å²) in [6.07, 6.45) is 1.86. The average molecular weight is 433 g/mol. The third-order valence-corrected chi connectivity index (χ3v) is 5.90. The van der Waals surface area contributed by atoms with Crippen LogP contribution in [0.2, 0.25) is 5.02 Å². The molecule has 0 aliphatic carbocycles. The largest absolute Gasteiger partial charge is 0.464 e. The molecule has 0 radical (unpaired) electrons. The molecular weight excluding hydrogens is 412 g/mol. The number of carbonyl (C=O) groups is 1. The van der Waals surface area contributed by atoms with Gasteiger partial charge in [-0.2, -0.15) is 0 Å². The number of hydrogen-bond acceptors (Lipinski definition) is 4. The molecule has 1 amide bonds. The topological polar surface area (TPSA) is 70.8 Å². The molecule has 0 aliphatic heterocycles. The molecule has 0 saturated heterocycles. The van der Waals surface area contributed by atoms with Crippen molar-refractivity contribution in [2.24, 2.45) is 0 Å². The van der Waals surface area contributed by atoms with Crippen LogP contribution in [-0.2, 0) is 27.9 Å². The number of rotatable bonds is 8. The van der Waals surface area contributed by atoms with Crippen molar-refractivity contribution in [1.29, 1.82) is 0 Å². The second kappa shape index (κ2) is 8.71. The molecule has 0 N–H and O–H groups in total. The van der Waals surface area contributed by atoms with Crippen molar-refractivity contribution in [2.45, 2.75) is 20.0 Å². The van der Waals surface area contributed by atoms with E-state index in [4.69, 9.17) is 16.0 Å². The molecule has 6 nitrogen and oxygen atoms in total. The molecule has 1 aromatic heterocycles. The van der Waals surface area contributed by atoms with Gasteiger partial charge in [-0.25, -0.2) is 8.42 Å². The van der Waals surface area contributed by atoms with Crippen LogP contribution < -0.4 is 9.21 Å². The number of amides is 1. The van der Waals surface area contributed by atoms with E-state index in [1.54, 1.807) is 42.5 Å². The zero-order valence-corrected chi connectivity index (χ0v) is 17.7. The third kappa shape index (κ3) is 5.19. The van der Waals surface area contributed by atoms with Crippen molar-refractivity contribution >= 4 is 39.4 Å². The Hall–Kier alpha value is -2.77. The summed E-state index contributed by atoms with van der Waals surface area (Å²) in [5.74, 6) is 1.43. The van der Waals surface area contributed by atoms with E-state index in [-0.39, 0.29) is 13.1 Å². The van der Waals surface area contributed by atoms with Gasteiger partial charge in [0.1, 0.15) is 11.5 Å². The van der Waals surface area contributed by atoms with Gasteiger partial charge in [0.05, 0.1) is 25.0 Å². The highest BCUT2D eigenvalue weighted by molar-refractivity contribution is 7.92.